The molecule has 4 nitrogen and oxygen atoms in total. The standard InChI is InChI=1S/C21H24N2O2Si/c1-23(2)21(19(26-21)14-17-8-11-18(24)12-9-17)15-22-20(25)13-10-16-6-4-3-5-7-16/h3-9,11-12,19,24H,14-15,26H2,1-2H3,(H,22,25)/t19?,21-/m1/s1. The molecule has 0 bridgehead atoms. The van der Waals surface area contributed by atoms with Gasteiger partial charge in [-0.15, -0.1) is 0 Å². The lowest BCUT2D eigenvalue weighted by Gasteiger charge is -2.26. The molecule has 1 amide bonds. The summed E-state index contributed by atoms with van der Waals surface area (Å²) in [5.41, 5.74) is 2.69. The Morgan fingerprint density at radius 1 is 1.19 bits per heavy atom. The van der Waals surface area contributed by atoms with Gasteiger partial charge in [-0.25, -0.2) is 0 Å². The Morgan fingerprint density at radius 2 is 1.88 bits per heavy atom. The summed E-state index contributed by atoms with van der Waals surface area (Å²) < 4.78 is 0. The van der Waals surface area contributed by atoms with Crippen LogP contribution in [0, 0.1) is 11.8 Å². The van der Waals surface area contributed by atoms with Crippen LogP contribution in [0.5, 0.6) is 5.75 Å². The third-order valence-electron chi connectivity index (χ3n) is 5.16. The summed E-state index contributed by atoms with van der Waals surface area (Å²) >= 11 is 0. The highest BCUT2D eigenvalue weighted by Gasteiger charge is 2.55. The van der Waals surface area contributed by atoms with Gasteiger partial charge in [0.1, 0.15) is 5.75 Å². The van der Waals surface area contributed by atoms with Crippen LogP contribution in [0.1, 0.15) is 11.1 Å². The van der Waals surface area contributed by atoms with Gasteiger partial charge in [0.25, 0.3) is 5.91 Å². The van der Waals surface area contributed by atoms with Crippen LogP contribution in [0.4, 0.5) is 0 Å². The van der Waals surface area contributed by atoms with Crippen molar-refractivity contribution in [2.45, 2.75) is 17.1 Å². The lowest BCUT2D eigenvalue weighted by atomic mass is 10.0. The molecule has 0 saturated carbocycles. The maximum atomic E-state index is 12.1. The molecule has 2 aromatic carbocycles. The fraction of sp³-hybridized carbons (Fsp3) is 0.286. The summed E-state index contributed by atoms with van der Waals surface area (Å²) in [6.45, 7) is 0.650. The van der Waals surface area contributed by atoms with E-state index in [9.17, 15) is 9.90 Å². The summed E-state index contributed by atoms with van der Waals surface area (Å²) in [6.07, 6.45) is 0.996. The van der Waals surface area contributed by atoms with E-state index in [2.05, 4.69) is 36.2 Å². The predicted molar refractivity (Wildman–Crippen MR) is 107 cm³/mol. The molecule has 134 valence electrons. The van der Waals surface area contributed by atoms with Crippen LogP contribution in [0.25, 0.3) is 0 Å². The molecule has 1 fully saturated rings. The van der Waals surface area contributed by atoms with Gasteiger partial charge in [-0.3, -0.25) is 4.79 Å². The van der Waals surface area contributed by atoms with Crippen LogP contribution >= 0.6 is 0 Å². The zero-order valence-corrected chi connectivity index (χ0v) is 16.6. The quantitative estimate of drug-likeness (QED) is 0.622. The first-order valence-electron chi connectivity index (χ1n) is 8.80. The van der Waals surface area contributed by atoms with E-state index in [4.69, 9.17) is 0 Å². The molecular formula is C21H24N2O2Si. The Labute approximate surface area is 157 Å². The fourth-order valence-corrected chi connectivity index (χ4v) is 5.90. The molecule has 0 spiro atoms. The lowest BCUT2D eigenvalue weighted by molar-refractivity contribution is -0.115. The van der Waals surface area contributed by atoms with E-state index in [-0.39, 0.29) is 20.6 Å². The largest absolute Gasteiger partial charge is 0.508 e. The van der Waals surface area contributed by atoms with Crippen LogP contribution < -0.4 is 5.32 Å². The minimum absolute atomic E-state index is 0.113. The molecule has 1 aliphatic heterocycles. The van der Waals surface area contributed by atoms with E-state index < -0.39 is 0 Å². The number of nitrogens with one attached hydrogen (secondary N) is 1. The average Bonchev–Trinajstić information content (AvgIpc) is 3.35. The monoisotopic (exact) mass is 364 g/mol. The van der Waals surface area contributed by atoms with Gasteiger partial charge in [-0.2, -0.15) is 0 Å². The molecule has 3 rings (SSSR count). The number of hydrogen-bond acceptors (Lipinski definition) is 3. The molecule has 2 N–H and O–H groups in total. The van der Waals surface area contributed by atoms with Crippen molar-refractivity contribution in [3.8, 4) is 17.6 Å². The second-order valence-electron chi connectivity index (χ2n) is 7.07. The predicted octanol–water partition coefficient (Wildman–Crippen LogP) is 1.33. The van der Waals surface area contributed by atoms with E-state index in [0.29, 0.717) is 17.8 Å². The third-order valence-corrected chi connectivity index (χ3v) is 8.26. The molecule has 2 atom stereocenters. The Bertz CT molecular complexity index is 825. The number of aromatic hydroxyl groups is 1. The van der Waals surface area contributed by atoms with Crippen molar-refractivity contribution in [1.29, 1.82) is 0 Å². The summed E-state index contributed by atoms with van der Waals surface area (Å²) in [4.78, 5) is 14.4. The number of rotatable bonds is 5. The van der Waals surface area contributed by atoms with Gasteiger partial charge in [-0.1, -0.05) is 36.3 Å². The first-order valence-corrected chi connectivity index (χ1v) is 10.3. The normalized spacial score (nSPS) is 21.9. The zero-order chi connectivity index (χ0) is 18.6. The molecule has 0 aromatic heterocycles. The second-order valence-corrected chi connectivity index (χ2v) is 9.69. The van der Waals surface area contributed by atoms with Crippen LogP contribution in [0.3, 0.4) is 0 Å². The van der Waals surface area contributed by atoms with E-state index in [1.54, 1.807) is 12.1 Å². The first-order chi connectivity index (χ1) is 12.5. The molecule has 2 aromatic rings. The third kappa shape index (κ3) is 4.34. The molecule has 0 radical (unpaired) electrons. The van der Waals surface area contributed by atoms with Crippen LogP contribution in [-0.4, -0.2) is 51.2 Å². The number of phenolic OH excluding ortho intramolecular Hbond substituents is 1. The zero-order valence-electron chi connectivity index (χ0n) is 15.2. The van der Waals surface area contributed by atoms with Crippen LogP contribution in [0.2, 0.25) is 5.54 Å². The number of carbonyl (C=O) groups excluding carboxylic acids is 1. The Kier molecular flexibility index (Phi) is 5.45. The Morgan fingerprint density at radius 3 is 2.54 bits per heavy atom. The van der Waals surface area contributed by atoms with Gasteiger partial charge in [0.15, 0.2) is 0 Å². The maximum Gasteiger partial charge on any atom is 0.296 e. The van der Waals surface area contributed by atoms with E-state index in [1.807, 2.05) is 42.5 Å². The molecule has 0 aliphatic carbocycles. The average molecular weight is 365 g/mol. The molecule has 1 saturated heterocycles. The van der Waals surface area contributed by atoms with Crippen LogP contribution in [-0.2, 0) is 11.2 Å². The van der Waals surface area contributed by atoms with Crippen molar-refractivity contribution in [1.82, 2.24) is 10.2 Å². The fourth-order valence-electron chi connectivity index (χ4n) is 3.40. The summed E-state index contributed by atoms with van der Waals surface area (Å²) in [6, 6.07) is 17.0. The highest BCUT2D eigenvalue weighted by molar-refractivity contribution is 6.57. The van der Waals surface area contributed by atoms with Crippen molar-refractivity contribution < 1.29 is 9.90 Å². The van der Waals surface area contributed by atoms with Crippen molar-refractivity contribution in [2.24, 2.45) is 0 Å². The van der Waals surface area contributed by atoms with Gasteiger partial charge in [0.05, 0.1) is 9.52 Å². The number of likely N-dealkylation sites (N-methyl/N-ethyl adjacent to an activating group) is 1. The number of nitrogens with zero attached hydrogens (tertiary/aromatic N) is 1. The topological polar surface area (TPSA) is 52.6 Å². The SMILES string of the molecule is CN(C)[C@]1(CNC(=O)C#Cc2ccccc2)[SiH2]C1Cc1ccc(O)cc1. The van der Waals surface area contributed by atoms with Gasteiger partial charge in [0.2, 0.25) is 0 Å². The van der Waals surface area contributed by atoms with Gasteiger partial charge in [0, 0.05) is 23.2 Å². The van der Waals surface area contributed by atoms with Gasteiger partial charge >= 0.3 is 0 Å². The molecule has 5 heteroatoms. The number of amides is 1. The van der Waals surface area contributed by atoms with E-state index in [0.717, 1.165) is 12.0 Å². The minimum atomic E-state index is -0.320. The maximum absolute atomic E-state index is 12.1. The summed E-state index contributed by atoms with van der Waals surface area (Å²) in [5, 5.41) is 12.5. The molecule has 26 heavy (non-hydrogen) atoms. The smallest absolute Gasteiger partial charge is 0.296 e. The number of hydrogen-bond donors (Lipinski definition) is 2. The summed E-state index contributed by atoms with van der Waals surface area (Å²) in [5.74, 6) is 5.65. The molecular weight excluding hydrogens is 340 g/mol. The first kappa shape index (κ1) is 18.2. The van der Waals surface area contributed by atoms with Crippen LogP contribution in [0.15, 0.2) is 54.6 Å². The Hall–Kier alpha value is -2.55. The lowest BCUT2D eigenvalue weighted by Crippen LogP contribution is -2.44. The number of benzene rings is 2. The number of phenols is 1. The Balaban J connectivity index is 1.57. The van der Waals surface area contributed by atoms with Crippen molar-refractivity contribution in [3.63, 3.8) is 0 Å². The highest BCUT2D eigenvalue weighted by atomic mass is 28.2. The second kappa shape index (κ2) is 7.77. The van der Waals surface area contributed by atoms with Gasteiger partial charge in [-0.05, 0) is 55.9 Å². The van der Waals surface area contributed by atoms with Crippen molar-refractivity contribution in [3.05, 3.63) is 65.7 Å². The highest BCUT2D eigenvalue weighted by Crippen LogP contribution is 2.45. The minimum Gasteiger partial charge on any atom is -0.508 e. The summed E-state index contributed by atoms with van der Waals surface area (Å²) in [7, 11) is 3.86. The van der Waals surface area contributed by atoms with E-state index >= 15 is 0 Å². The van der Waals surface area contributed by atoms with Gasteiger partial charge < -0.3 is 15.3 Å². The molecule has 1 heterocycles. The molecule has 1 unspecified atom stereocenters. The van der Waals surface area contributed by atoms with E-state index in [1.165, 1.54) is 5.56 Å². The van der Waals surface area contributed by atoms with Crippen molar-refractivity contribution >= 4 is 15.4 Å². The molecule has 1 aliphatic rings. The number of carbonyl (C=O) groups is 1. The van der Waals surface area contributed by atoms with Crippen molar-refractivity contribution in [2.75, 3.05) is 20.6 Å².